The van der Waals surface area contributed by atoms with E-state index in [1.807, 2.05) is 24.0 Å². The summed E-state index contributed by atoms with van der Waals surface area (Å²) in [5.41, 5.74) is 2.71. The zero-order valence-corrected chi connectivity index (χ0v) is 14.9. The number of hydrogen-bond donors (Lipinski definition) is 1. The van der Waals surface area contributed by atoms with E-state index in [0.29, 0.717) is 37.3 Å². The zero-order chi connectivity index (χ0) is 18.3. The highest BCUT2D eigenvalue weighted by atomic mass is 35.5. The molecule has 6 nitrogen and oxygen atoms in total. The highest BCUT2D eigenvalue weighted by molar-refractivity contribution is 6.32. The molecule has 3 heterocycles. The summed E-state index contributed by atoms with van der Waals surface area (Å²) >= 11 is 6.10. The smallest absolute Gasteiger partial charge is 0.285 e. The zero-order valence-electron chi connectivity index (χ0n) is 14.2. The van der Waals surface area contributed by atoms with Gasteiger partial charge in [0.1, 0.15) is 16.7 Å². The van der Waals surface area contributed by atoms with E-state index in [2.05, 4.69) is 19.7 Å². The Morgan fingerprint density at radius 1 is 1.31 bits per heavy atom. The number of benzene rings is 1. The fourth-order valence-corrected chi connectivity index (χ4v) is 3.47. The maximum atomic E-state index is 14.1. The fraction of sp³-hybridized carbons (Fsp3) is 0.278. The van der Waals surface area contributed by atoms with Gasteiger partial charge in [0.05, 0.1) is 18.4 Å². The largest absolute Gasteiger partial charge is 0.360 e. The van der Waals surface area contributed by atoms with Crippen molar-refractivity contribution in [2.75, 3.05) is 11.4 Å². The Labute approximate surface area is 154 Å². The minimum atomic E-state index is -0.409. The topological polar surface area (TPSA) is 66.8 Å². The van der Waals surface area contributed by atoms with Gasteiger partial charge in [0.2, 0.25) is 0 Å². The molecular weight excluding hydrogens is 357 g/mol. The van der Waals surface area contributed by atoms with Crippen molar-refractivity contribution in [2.45, 2.75) is 26.4 Å². The minimum Gasteiger partial charge on any atom is -0.360 e. The number of nitrogens with zero attached hydrogens (tertiary/aromatic N) is 4. The van der Waals surface area contributed by atoms with Crippen molar-refractivity contribution in [3.05, 3.63) is 74.4 Å². The highest BCUT2D eigenvalue weighted by Gasteiger charge is 2.23. The van der Waals surface area contributed by atoms with Gasteiger partial charge in [0.25, 0.3) is 5.56 Å². The van der Waals surface area contributed by atoms with Crippen LogP contribution >= 0.6 is 11.6 Å². The molecule has 26 heavy (non-hydrogen) atoms. The second kappa shape index (κ2) is 6.57. The van der Waals surface area contributed by atoms with Gasteiger partial charge in [-0.3, -0.25) is 4.79 Å². The second-order valence-corrected chi connectivity index (χ2v) is 6.79. The number of nitrogens with one attached hydrogen (secondary N) is 1. The van der Waals surface area contributed by atoms with E-state index in [4.69, 9.17) is 11.6 Å². The third-order valence-corrected chi connectivity index (χ3v) is 5.01. The first-order chi connectivity index (χ1) is 12.5. The first kappa shape index (κ1) is 16.8. The summed E-state index contributed by atoms with van der Waals surface area (Å²) in [6.45, 7) is 3.73. The van der Waals surface area contributed by atoms with Crippen molar-refractivity contribution in [2.24, 2.45) is 0 Å². The third kappa shape index (κ3) is 2.99. The van der Waals surface area contributed by atoms with Crippen LogP contribution in [0.1, 0.15) is 22.6 Å². The van der Waals surface area contributed by atoms with E-state index in [1.54, 1.807) is 18.5 Å². The number of aromatic amines is 1. The number of imidazole rings is 1. The van der Waals surface area contributed by atoms with E-state index in [9.17, 15) is 9.18 Å². The van der Waals surface area contributed by atoms with Gasteiger partial charge in [0, 0.05) is 31.4 Å². The lowest BCUT2D eigenvalue weighted by Gasteiger charge is -2.30. The van der Waals surface area contributed by atoms with Gasteiger partial charge in [-0.05, 0) is 24.1 Å². The minimum absolute atomic E-state index is 0.127. The molecule has 0 spiro atoms. The third-order valence-electron chi connectivity index (χ3n) is 4.64. The summed E-state index contributed by atoms with van der Waals surface area (Å²) in [4.78, 5) is 18.1. The predicted molar refractivity (Wildman–Crippen MR) is 97.1 cm³/mol. The summed E-state index contributed by atoms with van der Waals surface area (Å²) in [6.07, 6.45) is 3.83. The van der Waals surface area contributed by atoms with Crippen LogP contribution in [0.3, 0.4) is 0 Å². The van der Waals surface area contributed by atoms with Crippen LogP contribution in [0.4, 0.5) is 10.1 Å². The first-order valence-electron chi connectivity index (χ1n) is 8.29. The van der Waals surface area contributed by atoms with E-state index in [1.165, 1.54) is 0 Å². The van der Waals surface area contributed by atoms with Crippen LogP contribution in [0.5, 0.6) is 0 Å². The molecule has 0 aliphatic carbocycles. The number of halogens is 2. The van der Waals surface area contributed by atoms with Crippen LogP contribution in [0.15, 0.2) is 35.4 Å². The molecule has 0 fully saturated rings. The number of fused-ring (bicyclic) bond motifs is 1. The molecule has 0 saturated carbocycles. The molecule has 1 aromatic carbocycles. The fourth-order valence-electron chi connectivity index (χ4n) is 3.26. The monoisotopic (exact) mass is 373 g/mol. The van der Waals surface area contributed by atoms with E-state index >= 15 is 0 Å². The molecule has 0 saturated heterocycles. The number of H-pyrrole nitrogens is 1. The molecule has 2 aromatic heterocycles. The maximum absolute atomic E-state index is 14.1. The van der Waals surface area contributed by atoms with Gasteiger partial charge in [0.15, 0.2) is 0 Å². The number of anilines is 1. The van der Waals surface area contributed by atoms with Crippen LogP contribution < -0.4 is 10.5 Å². The summed E-state index contributed by atoms with van der Waals surface area (Å²) < 4.78 is 16.2. The van der Waals surface area contributed by atoms with Crippen molar-refractivity contribution in [3.63, 3.8) is 0 Å². The predicted octanol–water partition coefficient (Wildman–Crippen LogP) is 2.68. The van der Waals surface area contributed by atoms with Gasteiger partial charge >= 0.3 is 0 Å². The second-order valence-electron chi connectivity index (χ2n) is 6.41. The van der Waals surface area contributed by atoms with E-state index in [-0.39, 0.29) is 10.8 Å². The Morgan fingerprint density at radius 2 is 2.15 bits per heavy atom. The Morgan fingerprint density at radius 3 is 2.96 bits per heavy atom. The van der Waals surface area contributed by atoms with E-state index < -0.39 is 5.56 Å². The van der Waals surface area contributed by atoms with Crippen molar-refractivity contribution < 1.29 is 4.39 Å². The normalized spacial score (nSPS) is 13.7. The average molecular weight is 374 g/mol. The number of hydrogen-bond acceptors (Lipinski definition) is 4. The molecule has 1 aliphatic heterocycles. The Hall–Kier alpha value is -2.67. The molecule has 4 rings (SSSR count). The molecule has 0 amide bonds. The number of rotatable bonds is 3. The lowest BCUT2D eigenvalue weighted by molar-refractivity contribution is 0.543. The number of aryl methyl sites for hydroxylation is 1. The van der Waals surface area contributed by atoms with Crippen LogP contribution in [-0.4, -0.2) is 26.3 Å². The molecule has 134 valence electrons. The molecular formula is C18H17ClFN5O. The molecule has 0 atom stereocenters. The van der Waals surface area contributed by atoms with Gasteiger partial charge < -0.3 is 9.47 Å². The molecule has 8 heteroatoms. The Balaban J connectivity index is 1.59. The Kier molecular flexibility index (Phi) is 4.24. The SMILES string of the molecule is Cc1ccc(Cc2cnc3n2CCN(c2cn[nH]c(=O)c2Cl)C3)c(F)c1. The summed E-state index contributed by atoms with van der Waals surface area (Å²) in [6, 6.07) is 5.28. The summed E-state index contributed by atoms with van der Waals surface area (Å²) in [5, 5.41) is 6.27. The van der Waals surface area contributed by atoms with Gasteiger partial charge in [-0.25, -0.2) is 14.5 Å². The van der Waals surface area contributed by atoms with Crippen LogP contribution in [0.25, 0.3) is 0 Å². The molecule has 0 radical (unpaired) electrons. The number of aromatic nitrogens is 4. The molecule has 1 N–H and O–H groups in total. The quantitative estimate of drug-likeness (QED) is 0.766. The van der Waals surface area contributed by atoms with Crippen molar-refractivity contribution >= 4 is 17.3 Å². The van der Waals surface area contributed by atoms with Crippen LogP contribution in [-0.2, 0) is 19.5 Å². The Bertz CT molecular complexity index is 1030. The van der Waals surface area contributed by atoms with Gasteiger partial charge in [-0.15, -0.1) is 0 Å². The van der Waals surface area contributed by atoms with Gasteiger partial charge in [-0.2, -0.15) is 5.10 Å². The first-order valence-corrected chi connectivity index (χ1v) is 8.67. The van der Waals surface area contributed by atoms with Crippen LogP contribution in [0.2, 0.25) is 5.02 Å². The van der Waals surface area contributed by atoms with Crippen molar-refractivity contribution in [1.29, 1.82) is 0 Å². The van der Waals surface area contributed by atoms with Crippen molar-refractivity contribution in [3.8, 4) is 0 Å². The standard InChI is InChI=1S/C18H17ClFN5O/c1-11-2-3-12(14(20)6-11)7-13-8-21-16-10-24(4-5-25(13)16)15-9-22-23-18(26)17(15)19/h2-3,6,8-9H,4-5,7,10H2,1H3,(H,23,26). The average Bonchev–Trinajstić information content (AvgIpc) is 3.02. The van der Waals surface area contributed by atoms with Crippen LogP contribution in [0, 0.1) is 12.7 Å². The van der Waals surface area contributed by atoms with E-state index in [0.717, 1.165) is 17.1 Å². The lowest BCUT2D eigenvalue weighted by atomic mass is 10.1. The summed E-state index contributed by atoms with van der Waals surface area (Å²) in [7, 11) is 0. The summed E-state index contributed by atoms with van der Waals surface area (Å²) in [5.74, 6) is 0.662. The highest BCUT2D eigenvalue weighted by Crippen LogP contribution is 2.26. The lowest BCUT2D eigenvalue weighted by Crippen LogP contribution is -2.35. The molecule has 1 aliphatic rings. The van der Waals surface area contributed by atoms with Gasteiger partial charge in [-0.1, -0.05) is 23.7 Å². The maximum Gasteiger partial charge on any atom is 0.285 e. The molecule has 3 aromatic rings. The molecule has 0 unspecified atom stereocenters. The van der Waals surface area contributed by atoms with Crippen molar-refractivity contribution in [1.82, 2.24) is 19.7 Å². The molecule has 0 bridgehead atoms.